The second kappa shape index (κ2) is 8.54. The Morgan fingerprint density at radius 1 is 1.14 bits per heavy atom. The lowest BCUT2D eigenvalue weighted by Crippen LogP contribution is -2.35. The highest BCUT2D eigenvalue weighted by molar-refractivity contribution is 5.93. The predicted molar refractivity (Wildman–Crippen MR) is 117 cm³/mol. The minimum Gasteiger partial charge on any atom is -0.444 e. The van der Waals surface area contributed by atoms with Crippen LogP contribution in [0.3, 0.4) is 0 Å². The number of amides is 2. The molecule has 0 bridgehead atoms. The number of fused-ring (bicyclic) bond motifs is 3. The van der Waals surface area contributed by atoms with Crippen LogP contribution in [0, 0.1) is 0 Å². The summed E-state index contributed by atoms with van der Waals surface area (Å²) < 4.78 is 76.1. The maximum Gasteiger partial charge on any atom is 0.458 e. The van der Waals surface area contributed by atoms with Crippen molar-refractivity contribution in [3.8, 4) is 0 Å². The first-order valence-corrected chi connectivity index (χ1v) is 10.9. The number of nitrogens with two attached hydrogens (primary N) is 1. The van der Waals surface area contributed by atoms with Crippen molar-refractivity contribution in [3.05, 3.63) is 41.3 Å². The van der Waals surface area contributed by atoms with Crippen molar-refractivity contribution in [1.29, 1.82) is 0 Å². The van der Waals surface area contributed by atoms with Gasteiger partial charge < -0.3 is 9.64 Å². The Hall–Kier alpha value is -3.55. The van der Waals surface area contributed by atoms with Gasteiger partial charge in [-0.15, -0.1) is 0 Å². The van der Waals surface area contributed by atoms with Crippen LogP contribution in [0.1, 0.15) is 54.9 Å². The molecule has 0 aliphatic carbocycles. The first-order valence-electron chi connectivity index (χ1n) is 10.9. The summed E-state index contributed by atoms with van der Waals surface area (Å²) in [6, 6.07) is 2.98. The molecule has 1 saturated heterocycles. The number of nitrogens with zero attached hydrogens (tertiary/aromatic N) is 4. The summed E-state index contributed by atoms with van der Waals surface area (Å²) in [7, 11) is 0. The van der Waals surface area contributed by atoms with Crippen LogP contribution in [0.25, 0.3) is 16.7 Å². The molecule has 1 fully saturated rings. The van der Waals surface area contributed by atoms with E-state index in [0.29, 0.717) is 0 Å². The fourth-order valence-corrected chi connectivity index (χ4v) is 4.05. The molecule has 36 heavy (non-hydrogen) atoms. The Balaban J connectivity index is 1.86. The summed E-state index contributed by atoms with van der Waals surface area (Å²) in [6.07, 6.45) is -5.07. The van der Waals surface area contributed by atoms with E-state index in [9.17, 15) is 31.5 Å². The highest BCUT2D eigenvalue weighted by atomic mass is 19.4. The van der Waals surface area contributed by atoms with E-state index >= 15 is 0 Å². The number of aromatic nitrogens is 3. The lowest BCUT2D eigenvalue weighted by Gasteiger charge is -2.25. The molecule has 3 N–H and O–H groups in total. The topological polar surface area (TPSA) is 115 Å². The monoisotopic (exact) mass is 514 g/mol. The number of pyridine rings is 2. The Morgan fingerprint density at radius 3 is 2.44 bits per heavy atom. The van der Waals surface area contributed by atoms with Crippen molar-refractivity contribution < 1.29 is 36.3 Å². The van der Waals surface area contributed by atoms with Gasteiger partial charge in [0.15, 0.2) is 0 Å². The summed E-state index contributed by atoms with van der Waals surface area (Å²) >= 11 is 0. The largest absolute Gasteiger partial charge is 0.458 e. The van der Waals surface area contributed by atoms with Gasteiger partial charge in [0.05, 0.1) is 0 Å². The number of halogens is 5. The minimum atomic E-state index is -5.87. The quantitative estimate of drug-likeness (QED) is 0.237. The molecule has 194 valence electrons. The van der Waals surface area contributed by atoms with E-state index < -0.39 is 46.6 Å². The summed E-state index contributed by atoms with van der Waals surface area (Å²) in [4.78, 5) is 34.1. The molecule has 1 aliphatic rings. The van der Waals surface area contributed by atoms with Crippen LogP contribution in [-0.2, 0) is 10.7 Å². The first kappa shape index (κ1) is 25.5. The van der Waals surface area contributed by atoms with Gasteiger partial charge in [-0.3, -0.25) is 14.6 Å². The molecule has 0 radical (unpaired) electrons. The summed E-state index contributed by atoms with van der Waals surface area (Å²) in [6.45, 7) is 5.28. The zero-order chi connectivity index (χ0) is 26.6. The van der Waals surface area contributed by atoms with E-state index in [2.05, 4.69) is 9.97 Å². The molecule has 4 rings (SSSR count). The number of alkyl halides is 5. The highest BCUT2D eigenvalue weighted by Crippen LogP contribution is 2.47. The number of hydrazine groups is 1. The third-order valence-corrected chi connectivity index (χ3v) is 5.74. The number of rotatable bonds is 3. The SMILES string of the molecule is CC(C)(C)OC(=O)N1CCC(c2cc(C(F)(F)C(F)(F)F)c3ccc4nc(C(=O)NN)cn4c3n2)C1. The van der Waals surface area contributed by atoms with Crippen molar-refractivity contribution in [2.24, 2.45) is 5.84 Å². The minimum absolute atomic E-state index is 0.0190. The van der Waals surface area contributed by atoms with Gasteiger partial charge >= 0.3 is 18.2 Å². The number of nitrogen functional groups attached to an aromatic ring is 1. The zero-order valence-electron chi connectivity index (χ0n) is 19.5. The Morgan fingerprint density at radius 2 is 1.83 bits per heavy atom. The molecular weight excluding hydrogens is 491 g/mol. The Bertz CT molecular complexity index is 1350. The number of likely N-dealkylation sites (tertiary alicyclic amines) is 1. The van der Waals surface area contributed by atoms with Crippen LogP contribution in [0.15, 0.2) is 24.4 Å². The predicted octanol–water partition coefficient (Wildman–Crippen LogP) is 3.86. The maximum absolute atomic E-state index is 14.7. The number of carbonyl (C=O) groups excluding carboxylic acids is 2. The molecule has 0 aromatic carbocycles. The van der Waals surface area contributed by atoms with Crippen molar-refractivity contribution in [3.63, 3.8) is 0 Å². The molecule has 2 amide bonds. The van der Waals surface area contributed by atoms with Crippen LogP contribution >= 0.6 is 0 Å². The van der Waals surface area contributed by atoms with Gasteiger partial charge in [-0.25, -0.2) is 20.6 Å². The third-order valence-electron chi connectivity index (χ3n) is 5.74. The fourth-order valence-electron chi connectivity index (χ4n) is 4.05. The molecule has 1 unspecified atom stereocenters. The zero-order valence-corrected chi connectivity index (χ0v) is 19.5. The molecule has 1 atom stereocenters. The van der Waals surface area contributed by atoms with E-state index in [-0.39, 0.29) is 42.2 Å². The fraction of sp³-hybridized carbons (Fsp3) is 0.455. The van der Waals surface area contributed by atoms with Gasteiger partial charge in [-0.1, -0.05) is 0 Å². The molecule has 1 aliphatic heterocycles. The second-order valence-electron chi connectivity index (χ2n) is 9.48. The number of carbonyl (C=O) groups is 2. The Labute approximate surface area is 201 Å². The lowest BCUT2D eigenvalue weighted by molar-refractivity contribution is -0.288. The average Bonchev–Trinajstić information content (AvgIpc) is 3.43. The van der Waals surface area contributed by atoms with Gasteiger partial charge in [-0.2, -0.15) is 22.0 Å². The van der Waals surface area contributed by atoms with Gasteiger partial charge in [0.1, 0.15) is 22.6 Å². The van der Waals surface area contributed by atoms with Crippen LogP contribution < -0.4 is 11.3 Å². The number of hydrogen-bond acceptors (Lipinski definition) is 6. The molecule has 3 aromatic rings. The number of nitrogens with one attached hydrogen (secondary N) is 1. The average molecular weight is 514 g/mol. The Kier molecular flexibility index (Phi) is 6.06. The molecule has 9 nitrogen and oxygen atoms in total. The molecular formula is C22H23F5N6O3. The summed E-state index contributed by atoms with van der Waals surface area (Å²) in [5.74, 6) is -1.49. The highest BCUT2D eigenvalue weighted by Gasteiger charge is 2.59. The second-order valence-corrected chi connectivity index (χ2v) is 9.48. The molecule has 14 heteroatoms. The van der Waals surface area contributed by atoms with E-state index in [0.717, 1.165) is 22.7 Å². The maximum atomic E-state index is 14.7. The van der Waals surface area contributed by atoms with Crippen LogP contribution in [0.4, 0.5) is 26.7 Å². The van der Waals surface area contributed by atoms with Crippen molar-refractivity contribution in [2.75, 3.05) is 13.1 Å². The molecule has 4 heterocycles. The van der Waals surface area contributed by atoms with Crippen LogP contribution in [-0.4, -0.2) is 56.1 Å². The van der Waals surface area contributed by atoms with Crippen LogP contribution in [0.5, 0.6) is 0 Å². The summed E-state index contributed by atoms with van der Waals surface area (Å²) in [5, 5.41) is -0.465. The van der Waals surface area contributed by atoms with Crippen molar-refractivity contribution >= 4 is 28.7 Å². The van der Waals surface area contributed by atoms with Crippen molar-refractivity contribution in [2.45, 2.75) is 50.8 Å². The smallest absolute Gasteiger partial charge is 0.444 e. The standard InChI is InChI=1S/C22H23F5N6O3/c1-20(2,3)36-19(35)32-7-6-11(9-32)14-8-13(21(23,24)22(25,26)27)12-4-5-16-29-15(18(34)31-28)10-33(16)17(12)30-14/h4-5,8,10-11H,6-7,9,28H2,1-3H3,(H,31,34). The van der Waals surface area contributed by atoms with E-state index in [4.69, 9.17) is 10.6 Å². The summed E-state index contributed by atoms with van der Waals surface area (Å²) in [5.41, 5.74) is -0.565. The lowest BCUT2D eigenvalue weighted by atomic mass is 9.97. The van der Waals surface area contributed by atoms with Gasteiger partial charge in [0.25, 0.3) is 5.91 Å². The number of hydrogen-bond donors (Lipinski definition) is 2. The number of imidazole rings is 1. The third kappa shape index (κ3) is 4.52. The van der Waals surface area contributed by atoms with E-state index in [1.807, 2.05) is 5.43 Å². The van der Waals surface area contributed by atoms with Gasteiger partial charge in [0, 0.05) is 41.8 Å². The molecule has 3 aromatic heterocycles. The number of ether oxygens (including phenoxy) is 1. The van der Waals surface area contributed by atoms with E-state index in [1.165, 1.54) is 11.0 Å². The van der Waals surface area contributed by atoms with Crippen molar-refractivity contribution in [1.82, 2.24) is 24.7 Å². The molecule has 0 saturated carbocycles. The van der Waals surface area contributed by atoms with Gasteiger partial charge in [0.2, 0.25) is 0 Å². The van der Waals surface area contributed by atoms with Gasteiger partial charge in [-0.05, 0) is 45.4 Å². The van der Waals surface area contributed by atoms with E-state index in [1.54, 1.807) is 20.8 Å². The molecule has 0 spiro atoms. The van der Waals surface area contributed by atoms with Crippen LogP contribution in [0.2, 0.25) is 0 Å². The normalized spacial score (nSPS) is 17.1. The first-order chi connectivity index (χ1) is 16.6.